The van der Waals surface area contributed by atoms with Crippen LogP contribution in [0.15, 0.2) is 41.8 Å². The van der Waals surface area contributed by atoms with Gasteiger partial charge in [-0.2, -0.15) is 0 Å². The number of rotatable bonds is 3. The van der Waals surface area contributed by atoms with Crippen LogP contribution in [0.4, 0.5) is 5.69 Å². The van der Waals surface area contributed by atoms with Crippen LogP contribution in [-0.4, -0.2) is 10.9 Å². The molecular formula is C15H11ClN2OS2. The number of anilines is 1. The number of thiazole rings is 1. The average Bonchev–Trinajstić information content (AvgIpc) is 3.10. The Hall–Kier alpha value is -1.69. The van der Waals surface area contributed by atoms with Crippen LogP contribution < -0.4 is 5.32 Å². The minimum Gasteiger partial charge on any atom is -0.319 e. The van der Waals surface area contributed by atoms with Crippen LogP contribution in [0.2, 0.25) is 5.02 Å². The van der Waals surface area contributed by atoms with Crippen molar-refractivity contribution in [3.63, 3.8) is 0 Å². The highest BCUT2D eigenvalue weighted by atomic mass is 35.5. The third-order valence-electron chi connectivity index (χ3n) is 2.81. The molecule has 0 atom stereocenters. The fourth-order valence-electron chi connectivity index (χ4n) is 1.79. The number of nitrogens with one attached hydrogen (secondary N) is 1. The molecule has 0 aliphatic heterocycles. The van der Waals surface area contributed by atoms with E-state index in [4.69, 9.17) is 11.6 Å². The summed E-state index contributed by atoms with van der Waals surface area (Å²) in [4.78, 5) is 18.9. The fraction of sp³-hybridized carbons (Fsp3) is 0.0667. The second kappa shape index (κ2) is 5.97. The van der Waals surface area contributed by atoms with Crippen LogP contribution in [0.3, 0.4) is 0 Å². The Morgan fingerprint density at radius 2 is 2.05 bits per heavy atom. The zero-order valence-electron chi connectivity index (χ0n) is 11.1. The fourth-order valence-corrected chi connectivity index (χ4v) is 3.71. The van der Waals surface area contributed by atoms with Crippen molar-refractivity contribution in [1.29, 1.82) is 0 Å². The van der Waals surface area contributed by atoms with Crippen molar-refractivity contribution in [2.24, 2.45) is 0 Å². The summed E-state index contributed by atoms with van der Waals surface area (Å²) < 4.78 is 0. The number of aromatic nitrogens is 1. The highest BCUT2D eigenvalue weighted by Gasteiger charge is 2.14. The third-order valence-corrected chi connectivity index (χ3v) is 5.15. The number of hydrogen-bond donors (Lipinski definition) is 1. The van der Waals surface area contributed by atoms with Crippen LogP contribution in [-0.2, 0) is 0 Å². The van der Waals surface area contributed by atoms with Crippen molar-refractivity contribution >= 4 is 45.9 Å². The standard InChI is InChI=1S/C15H11ClN2OS2/c1-9-6-7-13(21-9)15-18-12(8-20-15)14(19)17-11-5-3-2-4-10(11)16/h2-8H,1H3,(H,17,19). The highest BCUT2D eigenvalue weighted by Crippen LogP contribution is 2.30. The summed E-state index contributed by atoms with van der Waals surface area (Å²) in [7, 11) is 0. The lowest BCUT2D eigenvalue weighted by atomic mass is 10.3. The van der Waals surface area contributed by atoms with Crippen molar-refractivity contribution in [3.8, 4) is 9.88 Å². The summed E-state index contributed by atoms with van der Waals surface area (Å²) in [6.45, 7) is 2.05. The molecule has 6 heteroatoms. The van der Waals surface area contributed by atoms with Gasteiger partial charge >= 0.3 is 0 Å². The zero-order valence-corrected chi connectivity index (χ0v) is 13.5. The number of aryl methyl sites for hydroxylation is 1. The molecule has 3 nitrogen and oxygen atoms in total. The number of hydrogen-bond acceptors (Lipinski definition) is 4. The number of carbonyl (C=O) groups is 1. The molecule has 0 bridgehead atoms. The number of halogens is 1. The maximum atomic E-state index is 12.2. The molecule has 0 unspecified atom stereocenters. The Kier molecular flexibility index (Phi) is 4.05. The SMILES string of the molecule is Cc1ccc(-c2nc(C(=O)Nc3ccccc3Cl)cs2)s1. The molecule has 0 aliphatic carbocycles. The van der Waals surface area contributed by atoms with Gasteiger partial charge in [0.05, 0.1) is 15.6 Å². The van der Waals surface area contributed by atoms with Crippen LogP contribution in [0.25, 0.3) is 9.88 Å². The van der Waals surface area contributed by atoms with Crippen molar-refractivity contribution in [3.05, 3.63) is 57.4 Å². The number of nitrogens with zero attached hydrogens (tertiary/aromatic N) is 1. The summed E-state index contributed by atoms with van der Waals surface area (Å²) in [6.07, 6.45) is 0. The normalized spacial score (nSPS) is 10.6. The lowest BCUT2D eigenvalue weighted by molar-refractivity contribution is 0.102. The monoisotopic (exact) mass is 334 g/mol. The molecule has 21 heavy (non-hydrogen) atoms. The minimum atomic E-state index is -0.251. The van der Waals surface area contributed by atoms with Crippen molar-refractivity contribution in [2.75, 3.05) is 5.32 Å². The second-order valence-electron chi connectivity index (χ2n) is 4.38. The van der Waals surface area contributed by atoms with Gasteiger partial charge in [0.1, 0.15) is 10.7 Å². The van der Waals surface area contributed by atoms with E-state index in [-0.39, 0.29) is 5.91 Å². The van der Waals surface area contributed by atoms with Gasteiger partial charge in [0.15, 0.2) is 0 Å². The number of para-hydroxylation sites is 1. The molecule has 1 amide bonds. The Morgan fingerprint density at radius 1 is 1.24 bits per heavy atom. The van der Waals surface area contributed by atoms with Crippen LogP contribution in [0, 0.1) is 6.92 Å². The van der Waals surface area contributed by atoms with Crippen LogP contribution >= 0.6 is 34.3 Å². The van der Waals surface area contributed by atoms with Gasteiger partial charge < -0.3 is 5.32 Å². The Bertz CT molecular complexity index is 794. The van der Waals surface area contributed by atoms with E-state index in [1.165, 1.54) is 16.2 Å². The van der Waals surface area contributed by atoms with E-state index in [2.05, 4.69) is 10.3 Å². The molecule has 0 saturated heterocycles. The molecule has 3 aromatic rings. The summed E-state index contributed by atoms with van der Waals surface area (Å²) >= 11 is 9.16. The zero-order chi connectivity index (χ0) is 14.8. The van der Waals surface area contributed by atoms with Gasteiger partial charge in [-0.3, -0.25) is 4.79 Å². The molecule has 0 saturated carbocycles. The smallest absolute Gasteiger partial charge is 0.275 e. The number of thiophene rings is 1. The summed E-state index contributed by atoms with van der Waals surface area (Å²) in [6, 6.07) is 11.2. The molecular weight excluding hydrogens is 324 g/mol. The minimum absolute atomic E-state index is 0.251. The van der Waals surface area contributed by atoms with E-state index >= 15 is 0 Å². The quantitative estimate of drug-likeness (QED) is 0.725. The summed E-state index contributed by atoms with van der Waals surface area (Å²) in [5.41, 5.74) is 0.992. The molecule has 2 heterocycles. The van der Waals surface area contributed by atoms with Gasteiger partial charge in [-0.15, -0.1) is 22.7 Å². The molecule has 1 N–H and O–H groups in total. The third kappa shape index (κ3) is 3.15. The summed E-state index contributed by atoms with van der Waals surface area (Å²) in [5, 5.41) is 5.90. The van der Waals surface area contributed by atoms with Gasteiger partial charge in [-0.05, 0) is 31.2 Å². The molecule has 1 aromatic carbocycles. The molecule has 2 aromatic heterocycles. The molecule has 0 aliphatic rings. The van der Waals surface area contributed by atoms with E-state index in [9.17, 15) is 4.79 Å². The molecule has 0 fully saturated rings. The van der Waals surface area contributed by atoms with Gasteiger partial charge in [-0.1, -0.05) is 23.7 Å². The first kappa shape index (κ1) is 14.3. The lowest BCUT2D eigenvalue weighted by Crippen LogP contribution is -2.12. The van der Waals surface area contributed by atoms with E-state index in [1.807, 2.05) is 31.2 Å². The Balaban J connectivity index is 1.80. The maximum absolute atomic E-state index is 12.2. The molecule has 0 radical (unpaired) electrons. The Morgan fingerprint density at radius 3 is 2.76 bits per heavy atom. The number of carbonyl (C=O) groups excluding carboxylic acids is 1. The van der Waals surface area contributed by atoms with E-state index in [0.717, 1.165) is 9.88 Å². The van der Waals surface area contributed by atoms with Crippen molar-refractivity contribution in [1.82, 2.24) is 4.98 Å². The molecule has 0 spiro atoms. The van der Waals surface area contributed by atoms with E-state index in [0.29, 0.717) is 16.4 Å². The van der Waals surface area contributed by atoms with E-state index in [1.54, 1.807) is 28.8 Å². The average molecular weight is 335 g/mol. The molecule has 3 rings (SSSR count). The number of amides is 1. The predicted octanol–water partition coefficient (Wildman–Crippen LogP) is 5.09. The maximum Gasteiger partial charge on any atom is 0.275 e. The Labute approximate surface area is 135 Å². The highest BCUT2D eigenvalue weighted by molar-refractivity contribution is 7.21. The topological polar surface area (TPSA) is 42.0 Å². The van der Waals surface area contributed by atoms with Gasteiger partial charge in [0.25, 0.3) is 5.91 Å². The van der Waals surface area contributed by atoms with Gasteiger partial charge in [0.2, 0.25) is 0 Å². The second-order valence-corrected chi connectivity index (χ2v) is 6.94. The first-order valence-electron chi connectivity index (χ1n) is 6.22. The molecule has 106 valence electrons. The van der Waals surface area contributed by atoms with Gasteiger partial charge in [0, 0.05) is 10.3 Å². The first-order valence-corrected chi connectivity index (χ1v) is 8.29. The van der Waals surface area contributed by atoms with Crippen molar-refractivity contribution in [2.45, 2.75) is 6.92 Å². The van der Waals surface area contributed by atoms with Crippen LogP contribution in [0.5, 0.6) is 0 Å². The lowest BCUT2D eigenvalue weighted by Gasteiger charge is -2.04. The summed E-state index contributed by atoms with van der Waals surface area (Å²) in [5.74, 6) is -0.251. The number of benzene rings is 1. The van der Waals surface area contributed by atoms with Gasteiger partial charge in [-0.25, -0.2) is 4.98 Å². The van der Waals surface area contributed by atoms with Crippen LogP contribution in [0.1, 0.15) is 15.4 Å². The van der Waals surface area contributed by atoms with Crippen molar-refractivity contribution < 1.29 is 4.79 Å². The first-order chi connectivity index (χ1) is 10.1. The predicted molar refractivity (Wildman–Crippen MR) is 89.6 cm³/mol. The van der Waals surface area contributed by atoms with E-state index < -0.39 is 0 Å². The largest absolute Gasteiger partial charge is 0.319 e.